The summed E-state index contributed by atoms with van der Waals surface area (Å²) in [6.07, 6.45) is -4.37. The van der Waals surface area contributed by atoms with E-state index in [2.05, 4.69) is 10.1 Å². The molecule has 1 saturated heterocycles. The summed E-state index contributed by atoms with van der Waals surface area (Å²) in [5, 5.41) is 5.70. The summed E-state index contributed by atoms with van der Waals surface area (Å²) in [5.74, 6) is 0.186. The third kappa shape index (κ3) is 5.64. The number of alkyl halides is 3. The van der Waals surface area contributed by atoms with E-state index in [0.717, 1.165) is 24.5 Å². The van der Waals surface area contributed by atoms with Crippen molar-refractivity contribution in [2.45, 2.75) is 19.6 Å². The molecule has 0 saturated carbocycles. The maximum absolute atomic E-state index is 12.0. The van der Waals surface area contributed by atoms with Crippen molar-refractivity contribution in [1.29, 1.82) is 0 Å². The smallest absolute Gasteiger partial charge is 0.360 e. The van der Waals surface area contributed by atoms with Gasteiger partial charge in [0, 0.05) is 32.2 Å². The SMILES string of the molecule is Cc1cc(CN2CCN(CC(=O)NCC(F)(F)F)CC2)on1. The minimum absolute atomic E-state index is 0.00860. The summed E-state index contributed by atoms with van der Waals surface area (Å²) < 4.78 is 41.2. The predicted molar refractivity (Wildman–Crippen MR) is 72.0 cm³/mol. The van der Waals surface area contributed by atoms with Gasteiger partial charge in [-0.25, -0.2) is 0 Å². The van der Waals surface area contributed by atoms with Gasteiger partial charge in [-0.1, -0.05) is 5.16 Å². The number of halogens is 3. The molecule has 1 aromatic rings. The van der Waals surface area contributed by atoms with Gasteiger partial charge in [0.1, 0.15) is 6.54 Å². The molecule has 1 aliphatic heterocycles. The number of hydrogen-bond donors (Lipinski definition) is 1. The Labute approximate surface area is 126 Å². The second-order valence-corrected chi connectivity index (χ2v) is 5.38. The molecule has 0 aliphatic carbocycles. The minimum atomic E-state index is -4.37. The molecule has 9 heteroatoms. The van der Waals surface area contributed by atoms with Gasteiger partial charge in [0.15, 0.2) is 5.76 Å². The molecular weight excluding hydrogens is 301 g/mol. The van der Waals surface area contributed by atoms with E-state index in [1.807, 2.05) is 23.2 Å². The number of carbonyl (C=O) groups excluding carboxylic acids is 1. The van der Waals surface area contributed by atoms with E-state index in [1.54, 1.807) is 0 Å². The van der Waals surface area contributed by atoms with Gasteiger partial charge in [0.05, 0.1) is 18.8 Å². The Bertz CT molecular complexity index is 496. The number of piperazine rings is 1. The second-order valence-electron chi connectivity index (χ2n) is 5.38. The molecule has 6 nitrogen and oxygen atoms in total. The van der Waals surface area contributed by atoms with Gasteiger partial charge in [-0.15, -0.1) is 0 Å². The fourth-order valence-corrected chi connectivity index (χ4v) is 2.27. The lowest BCUT2D eigenvalue weighted by Gasteiger charge is -2.33. The highest BCUT2D eigenvalue weighted by Gasteiger charge is 2.28. The van der Waals surface area contributed by atoms with Gasteiger partial charge < -0.3 is 9.84 Å². The molecule has 2 rings (SSSR count). The Kier molecular flexibility index (Phi) is 5.41. The zero-order valence-electron chi connectivity index (χ0n) is 12.3. The van der Waals surface area contributed by atoms with Crippen LogP contribution in [0.1, 0.15) is 11.5 Å². The number of amides is 1. The summed E-state index contributed by atoms with van der Waals surface area (Å²) in [4.78, 5) is 15.4. The van der Waals surface area contributed by atoms with Crippen LogP contribution in [0.5, 0.6) is 0 Å². The first-order valence-electron chi connectivity index (χ1n) is 7.02. The zero-order chi connectivity index (χ0) is 16.2. The predicted octanol–water partition coefficient (Wildman–Crippen LogP) is 0.779. The third-order valence-corrected chi connectivity index (χ3v) is 3.37. The molecule has 1 aromatic heterocycles. The topological polar surface area (TPSA) is 61.6 Å². The first kappa shape index (κ1) is 16.8. The molecular formula is C13H19F3N4O2. The van der Waals surface area contributed by atoms with Crippen molar-refractivity contribution in [2.24, 2.45) is 0 Å². The van der Waals surface area contributed by atoms with Crippen LogP contribution in [0.15, 0.2) is 10.6 Å². The molecule has 1 fully saturated rings. The van der Waals surface area contributed by atoms with Gasteiger partial charge >= 0.3 is 6.18 Å². The number of carbonyl (C=O) groups is 1. The van der Waals surface area contributed by atoms with E-state index in [-0.39, 0.29) is 6.54 Å². The van der Waals surface area contributed by atoms with Crippen LogP contribution in [0.4, 0.5) is 13.2 Å². The first-order valence-corrected chi connectivity index (χ1v) is 7.02. The largest absolute Gasteiger partial charge is 0.405 e. The summed E-state index contributed by atoms with van der Waals surface area (Å²) >= 11 is 0. The average Bonchev–Trinajstić information content (AvgIpc) is 2.83. The van der Waals surface area contributed by atoms with Crippen LogP contribution in [-0.2, 0) is 11.3 Å². The van der Waals surface area contributed by atoms with E-state index >= 15 is 0 Å². The Hall–Kier alpha value is -1.61. The molecule has 124 valence electrons. The summed E-state index contributed by atoms with van der Waals surface area (Å²) in [6.45, 7) is 3.93. The fraction of sp³-hybridized carbons (Fsp3) is 0.692. The lowest BCUT2D eigenvalue weighted by molar-refractivity contribution is -0.139. The van der Waals surface area contributed by atoms with Crippen molar-refractivity contribution in [2.75, 3.05) is 39.3 Å². The zero-order valence-corrected chi connectivity index (χ0v) is 12.3. The van der Waals surface area contributed by atoms with E-state index in [1.165, 1.54) is 0 Å². The van der Waals surface area contributed by atoms with E-state index < -0.39 is 18.6 Å². The molecule has 0 bridgehead atoms. The van der Waals surface area contributed by atoms with Crippen LogP contribution in [0.3, 0.4) is 0 Å². The van der Waals surface area contributed by atoms with Crippen LogP contribution in [0, 0.1) is 6.92 Å². The van der Waals surface area contributed by atoms with Crippen molar-refractivity contribution in [3.05, 3.63) is 17.5 Å². The third-order valence-electron chi connectivity index (χ3n) is 3.37. The number of aryl methyl sites for hydroxylation is 1. The lowest BCUT2D eigenvalue weighted by Crippen LogP contribution is -2.49. The number of aromatic nitrogens is 1. The Morgan fingerprint density at radius 2 is 1.95 bits per heavy atom. The highest BCUT2D eigenvalue weighted by Crippen LogP contribution is 2.12. The van der Waals surface area contributed by atoms with Gasteiger partial charge in [-0.3, -0.25) is 14.6 Å². The van der Waals surface area contributed by atoms with Gasteiger partial charge in [-0.05, 0) is 6.92 Å². The molecule has 1 N–H and O–H groups in total. The van der Waals surface area contributed by atoms with Gasteiger partial charge in [-0.2, -0.15) is 13.2 Å². The van der Waals surface area contributed by atoms with Crippen LogP contribution in [-0.4, -0.2) is 66.3 Å². The standard InChI is InChI=1S/C13H19F3N4O2/c1-10-6-11(22-18-10)7-19-2-4-20(5-3-19)8-12(21)17-9-13(14,15)16/h6H,2-5,7-9H2,1H3,(H,17,21). The monoisotopic (exact) mass is 320 g/mol. The summed E-state index contributed by atoms with van der Waals surface area (Å²) in [5.41, 5.74) is 0.829. The van der Waals surface area contributed by atoms with E-state index in [9.17, 15) is 18.0 Å². The average molecular weight is 320 g/mol. The molecule has 22 heavy (non-hydrogen) atoms. The Morgan fingerprint density at radius 3 is 2.50 bits per heavy atom. The normalized spacial score (nSPS) is 17.6. The molecule has 2 heterocycles. The second kappa shape index (κ2) is 7.10. The molecule has 0 atom stereocenters. The molecule has 0 spiro atoms. The first-order chi connectivity index (χ1) is 10.3. The minimum Gasteiger partial charge on any atom is -0.360 e. The van der Waals surface area contributed by atoms with Crippen LogP contribution in [0.2, 0.25) is 0 Å². The summed E-state index contributed by atoms with van der Waals surface area (Å²) in [7, 11) is 0. The highest BCUT2D eigenvalue weighted by atomic mass is 19.4. The number of hydrogen-bond acceptors (Lipinski definition) is 5. The van der Waals surface area contributed by atoms with Crippen molar-refractivity contribution in [3.63, 3.8) is 0 Å². The lowest BCUT2D eigenvalue weighted by atomic mass is 10.3. The van der Waals surface area contributed by atoms with Crippen molar-refractivity contribution >= 4 is 5.91 Å². The Morgan fingerprint density at radius 1 is 1.32 bits per heavy atom. The molecule has 0 aromatic carbocycles. The number of nitrogens with one attached hydrogen (secondary N) is 1. The highest BCUT2D eigenvalue weighted by molar-refractivity contribution is 5.78. The van der Waals surface area contributed by atoms with E-state index in [4.69, 9.17) is 4.52 Å². The summed E-state index contributed by atoms with van der Waals surface area (Å²) in [6, 6.07) is 1.87. The molecule has 0 unspecified atom stereocenters. The van der Waals surface area contributed by atoms with Crippen molar-refractivity contribution < 1.29 is 22.5 Å². The molecule has 0 radical (unpaired) electrons. The van der Waals surface area contributed by atoms with Gasteiger partial charge in [0.25, 0.3) is 0 Å². The quantitative estimate of drug-likeness (QED) is 0.869. The fourth-order valence-electron chi connectivity index (χ4n) is 2.27. The van der Waals surface area contributed by atoms with E-state index in [0.29, 0.717) is 19.6 Å². The van der Waals surface area contributed by atoms with Gasteiger partial charge in [0.2, 0.25) is 5.91 Å². The van der Waals surface area contributed by atoms with Crippen LogP contribution in [0.25, 0.3) is 0 Å². The van der Waals surface area contributed by atoms with Crippen LogP contribution >= 0.6 is 0 Å². The molecule has 1 aliphatic rings. The number of rotatable bonds is 5. The number of nitrogens with zero attached hydrogens (tertiary/aromatic N) is 3. The Balaban J connectivity index is 1.67. The van der Waals surface area contributed by atoms with Crippen molar-refractivity contribution in [3.8, 4) is 0 Å². The maximum Gasteiger partial charge on any atom is 0.405 e. The van der Waals surface area contributed by atoms with Crippen molar-refractivity contribution in [1.82, 2.24) is 20.3 Å². The van der Waals surface area contributed by atoms with Crippen LogP contribution < -0.4 is 5.32 Å². The molecule has 1 amide bonds. The maximum atomic E-state index is 12.0.